The Morgan fingerprint density at radius 2 is 2.00 bits per heavy atom. The van der Waals surface area contributed by atoms with Crippen molar-refractivity contribution in [1.82, 2.24) is 29.2 Å². The topological polar surface area (TPSA) is 70.2 Å². The molecule has 0 aromatic carbocycles. The van der Waals surface area contributed by atoms with Gasteiger partial charge in [-0.25, -0.2) is 14.6 Å². The van der Waals surface area contributed by atoms with Crippen molar-refractivity contribution in [2.75, 3.05) is 39.5 Å². The van der Waals surface area contributed by atoms with E-state index in [-0.39, 0.29) is 12.1 Å². The number of rotatable bonds is 7. The molecule has 2 atom stereocenters. The van der Waals surface area contributed by atoms with Crippen LogP contribution in [0.5, 0.6) is 0 Å². The molecule has 0 saturated carbocycles. The highest BCUT2D eigenvalue weighted by Gasteiger charge is 2.26. The molecule has 2 saturated heterocycles. The molecule has 0 radical (unpaired) electrons. The Kier molecular flexibility index (Phi) is 6.26. The second kappa shape index (κ2) is 9.68. The van der Waals surface area contributed by atoms with Crippen LogP contribution in [0.25, 0.3) is 22.1 Å². The van der Waals surface area contributed by atoms with Crippen LogP contribution in [0.15, 0.2) is 36.8 Å². The van der Waals surface area contributed by atoms with Crippen LogP contribution in [-0.4, -0.2) is 68.7 Å². The molecule has 0 N–H and O–H groups in total. The molecule has 6 rings (SSSR count). The average Bonchev–Trinajstić information content (AvgIpc) is 3.64. The van der Waals surface area contributed by atoms with Gasteiger partial charge in [-0.3, -0.25) is 4.90 Å². The maximum atomic E-state index is 6.22. The summed E-state index contributed by atoms with van der Waals surface area (Å²) in [6, 6.07) is 6.74. The Bertz CT molecular complexity index is 1320. The minimum Gasteiger partial charge on any atom is -0.379 e. The van der Waals surface area contributed by atoms with Crippen molar-refractivity contribution in [3.05, 3.63) is 53.6 Å². The van der Waals surface area contributed by atoms with Gasteiger partial charge in [-0.1, -0.05) is 13.8 Å². The van der Waals surface area contributed by atoms with E-state index in [1.807, 2.05) is 18.5 Å². The van der Waals surface area contributed by atoms with Crippen molar-refractivity contribution in [3.8, 4) is 0 Å². The van der Waals surface area contributed by atoms with Gasteiger partial charge in [0.25, 0.3) is 0 Å². The van der Waals surface area contributed by atoms with E-state index in [0.29, 0.717) is 0 Å². The number of aryl methyl sites for hydroxylation is 2. The van der Waals surface area contributed by atoms with Gasteiger partial charge in [-0.15, -0.1) is 0 Å². The van der Waals surface area contributed by atoms with Crippen molar-refractivity contribution in [3.63, 3.8) is 0 Å². The van der Waals surface area contributed by atoms with E-state index >= 15 is 0 Å². The first kappa shape index (κ1) is 22.6. The largest absolute Gasteiger partial charge is 0.379 e. The Labute approximate surface area is 205 Å². The number of ether oxygens (including phenoxy) is 2. The summed E-state index contributed by atoms with van der Waals surface area (Å²) in [4.78, 5) is 12.0. The van der Waals surface area contributed by atoms with Gasteiger partial charge >= 0.3 is 0 Å². The van der Waals surface area contributed by atoms with Gasteiger partial charge in [0, 0.05) is 67.7 Å². The molecule has 2 fully saturated rings. The monoisotopic (exact) mass is 474 g/mol. The molecule has 0 bridgehead atoms. The Morgan fingerprint density at radius 3 is 2.83 bits per heavy atom. The Hall–Kier alpha value is -2.81. The first-order valence-electron chi connectivity index (χ1n) is 13.0. The van der Waals surface area contributed by atoms with Crippen LogP contribution < -0.4 is 0 Å². The summed E-state index contributed by atoms with van der Waals surface area (Å²) >= 11 is 0. The molecule has 4 aromatic rings. The third kappa shape index (κ3) is 4.24. The maximum absolute atomic E-state index is 6.22. The molecule has 2 aliphatic heterocycles. The lowest BCUT2D eigenvalue weighted by molar-refractivity contribution is -0.0308. The fourth-order valence-corrected chi connectivity index (χ4v) is 5.51. The minimum atomic E-state index is 0.0225. The summed E-state index contributed by atoms with van der Waals surface area (Å²) in [5.74, 6) is 0. The summed E-state index contributed by atoms with van der Waals surface area (Å²) in [6.45, 7) is 10.3. The standard InChI is InChI=1S/C27H34N6O2/c1-3-19-16-32(26-22(19)6-5-8-28-26)10-9-31-11-13-35-25(17-31)20-14-23-24(4-2)30-33(27(23)29-15-20)21-7-12-34-18-21/h5-6,8,14-16,21,25H,3-4,7,9-13,17-18H2,1-2H3. The van der Waals surface area contributed by atoms with Gasteiger partial charge in [0.2, 0.25) is 0 Å². The van der Waals surface area contributed by atoms with Crippen LogP contribution in [-0.2, 0) is 28.9 Å². The molecule has 184 valence electrons. The predicted molar refractivity (Wildman–Crippen MR) is 136 cm³/mol. The summed E-state index contributed by atoms with van der Waals surface area (Å²) in [7, 11) is 0. The van der Waals surface area contributed by atoms with Crippen molar-refractivity contribution in [1.29, 1.82) is 0 Å². The van der Waals surface area contributed by atoms with E-state index in [1.54, 1.807) is 0 Å². The normalized spacial score (nSPS) is 21.4. The highest BCUT2D eigenvalue weighted by atomic mass is 16.5. The first-order chi connectivity index (χ1) is 17.2. The number of nitrogens with zero attached hydrogens (tertiary/aromatic N) is 6. The lowest BCUT2D eigenvalue weighted by atomic mass is 10.1. The fourth-order valence-electron chi connectivity index (χ4n) is 5.51. The Balaban J connectivity index is 1.19. The number of fused-ring (bicyclic) bond motifs is 2. The van der Waals surface area contributed by atoms with Crippen LogP contribution in [0.4, 0.5) is 0 Å². The fraction of sp³-hybridized carbons (Fsp3) is 0.519. The number of hydrogen-bond donors (Lipinski definition) is 0. The number of pyridine rings is 2. The van der Waals surface area contributed by atoms with Gasteiger partial charge < -0.3 is 14.0 Å². The lowest BCUT2D eigenvalue weighted by Crippen LogP contribution is -2.40. The van der Waals surface area contributed by atoms with E-state index in [1.165, 1.54) is 10.9 Å². The van der Waals surface area contributed by atoms with Crippen molar-refractivity contribution < 1.29 is 9.47 Å². The van der Waals surface area contributed by atoms with Gasteiger partial charge in [0.05, 0.1) is 31.1 Å². The second-order valence-corrected chi connectivity index (χ2v) is 9.64. The highest BCUT2D eigenvalue weighted by molar-refractivity contribution is 5.80. The molecule has 6 heterocycles. The van der Waals surface area contributed by atoms with E-state index in [0.717, 1.165) is 93.2 Å². The van der Waals surface area contributed by atoms with E-state index in [2.05, 4.69) is 51.3 Å². The van der Waals surface area contributed by atoms with Gasteiger partial charge in [-0.05, 0) is 43.0 Å². The summed E-state index contributed by atoms with van der Waals surface area (Å²) in [5.41, 5.74) is 5.66. The van der Waals surface area contributed by atoms with E-state index in [4.69, 9.17) is 19.6 Å². The molecule has 4 aromatic heterocycles. The van der Waals surface area contributed by atoms with Crippen LogP contribution in [0, 0.1) is 0 Å². The lowest BCUT2D eigenvalue weighted by Gasteiger charge is -2.33. The van der Waals surface area contributed by atoms with Crippen LogP contribution >= 0.6 is 0 Å². The number of aromatic nitrogens is 5. The summed E-state index contributed by atoms with van der Waals surface area (Å²) in [5, 5.41) is 7.32. The maximum Gasteiger partial charge on any atom is 0.158 e. The SMILES string of the molecule is CCc1cn(CCN2CCOC(c3cnc4c(c3)c(CC)nn4C3CCOC3)C2)c2ncccc12. The van der Waals surface area contributed by atoms with Crippen molar-refractivity contribution in [2.45, 2.75) is 51.8 Å². The van der Waals surface area contributed by atoms with Crippen LogP contribution in [0.1, 0.15) is 49.2 Å². The molecule has 0 spiro atoms. The molecule has 35 heavy (non-hydrogen) atoms. The molecular formula is C27H34N6O2. The van der Waals surface area contributed by atoms with Gasteiger partial charge in [-0.2, -0.15) is 5.10 Å². The third-order valence-corrected chi connectivity index (χ3v) is 7.51. The third-order valence-electron chi connectivity index (χ3n) is 7.51. The van der Waals surface area contributed by atoms with Crippen molar-refractivity contribution >= 4 is 22.1 Å². The predicted octanol–water partition coefficient (Wildman–Crippen LogP) is 3.94. The zero-order valence-electron chi connectivity index (χ0n) is 20.7. The van der Waals surface area contributed by atoms with Gasteiger partial charge in [0.15, 0.2) is 5.65 Å². The van der Waals surface area contributed by atoms with Crippen LogP contribution in [0.2, 0.25) is 0 Å². The first-order valence-corrected chi connectivity index (χ1v) is 13.0. The molecule has 0 aliphatic carbocycles. The zero-order valence-corrected chi connectivity index (χ0v) is 20.7. The average molecular weight is 475 g/mol. The van der Waals surface area contributed by atoms with Gasteiger partial charge in [0.1, 0.15) is 5.65 Å². The molecule has 8 nitrogen and oxygen atoms in total. The van der Waals surface area contributed by atoms with E-state index in [9.17, 15) is 0 Å². The second-order valence-electron chi connectivity index (χ2n) is 9.64. The minimum absolute atomic E-state index is 0.0225. The van der Waals surface area contributed by atoms with Crippen molar-refractivity contribution in [2.24, 2.45) is 0 Å². The van der Waals surface area contributed by atoms with E-state index < -0.39 is 0 Å². The Morgan fingerprint density at radius 1 is 1.06 bits per heavy atom. The summed E-state index contributed by atoms with van der Waals surface area (Å²) in [6.07, 6.45) is 9.07. The quantitative estimate of drug-likeness (QED) is 0.404. The molecule has 8 heteroatoms. The smallest absolute Gasteiger partial charge is 0.158 e. The molecular weight excluding hydrogens is 440 g/mol. The highest BCUT2D eigenvalue weighted by Crippen LogP contribution is 2.29. The molecule has 0 amide bonds. The zero-order chi connectivity index (χ0) is 23.8. The molecule has 2 unspecified atom stereocenters. The number of hydrogen-bond acceptors (Lipinski definition) is 6. The molecule has 2 aliphatic rings. The van der Waals surface area contributed by atoms with Crippen LogP contribution in [0.3, 0.4) is 0 Å². The number of morpholine rings is 1. The summed E-state index contributed by atoms with van der Waals surface area (Å²) < 4.78 is 16.2.